The zero-order valence-corrected chi connectivity index (χ0v) is 20.8. The fourth-order valence-electron chi connectivity index (χ4n) is 3.11. The molecule has 0 unspecified atom stereocenters. The molecule has 0 aromatic heterocycles. The van der Waals surface area contributed by atoms with Gasteiger partial charge < -0.3 is 19.5 Å². The smallest absolute Gasteiger partial charge is 0.339 e. The number of carbonyl (C=O) groups excluding carboxylic acids is 4. The third kappa shape index (κ3) is 6.34. The minimum atomic E-state index is -0.663. The van der Waals surface area contributed by atoms with Crippen molar-refractivity contribution in [1.82, 2.24) is 4.90 Å². The standard InChI is InChI=1S/C24H23ClN2O7S/c1-4-9-34-18-8-5-14(10-19(18)32-2)11-20-22(29)27(24(31)35-20)13-21(28)26-15-6-7-17(25)16(12-15)23(30)33-3/h5-8,10-12H,4,9,13H2,1-3H3,(H,26,28)/b20-11-. The third-order valence-corrected chi connectivity index (χ3v) is 6.01. The van der Waals surface area contributed by atoms with Crippen LogP contribution in [0, 0.1) is 0 Å². The number of esters is 1. The first-order chi connectivity index (χ1) is 16.8. The molecule has 1 heterocycles. The van der Waals surface area contributed by atoms with Gasteiger partial charge in [0, 0.05) is 5.69 Å². The number of methoxy groups -OCH3 is 2. The van der Waals surface area contributed by atoms with E-state index in [2.05, 4.69) is 10.1 Å². The number of benzene rings is 2. The van der Waals surface area contributed by atoms with E-state index in [-0.39, 0.29) is 21.2 Å². The zero-order valence-electron chi connectivity index (χ0n) is 19.3. The van der Waals surface area contributed by atoms with Crippen molar-refractivity contribution in [2.24, 2.45) is 0 Å². The molecule has 1 aliphatic heterocycles. The molecule has 3 rings (SSSR count). The number of ether oxygens (including phenoxy) is 3. The van der Waals surface area contributed by atoms with Gasteiger partial charge in [0.1, 0.15) is 6.54 Å². The molecule has 2 aromatic carbocycles. The summed E-state index contributed by atoms with van der Waals surface area (Å²) in [6, 6.07) is 9.44. The maximum absolute atomic E-state index is 12.8. The summed E-state index contributed by atoms with van der Waals surface area (Å²) >= 11 is 6.72. The molecule has 1 saturated heterocycles. The highest BCUT2D eigenvalue weighted by molar-refractivity contribution is 8.18. The number of hydrogen-bond acceptors (Lipinski definition) is 8. The van der Waals surface area contributed by atoms with E-state index in [9.17, 15) is 19.2 Å². The van der Waals surface area contributed by atoms with Crippen LogP contribution < -0.4 is 14.8 Å². The van der Waals surface area contributed by atoms with Crippen molar-refractivity contribution in [3.63, 3.8) is 0 Å². The lowest BCUT2D eigenvalue weighted by atomic mass is 10.2. The number of nitrogens with zero attached hydrogens (tertiary/aromatic N) is 1. The van der Waals surface area contributed by atoms with E-state index >= 15 is 0 Å². The van der Waals surface area contributed by atoms with Crippen LogP contribution in [-0.4, -0.2) is 55.3 Å². The zero-order chi connectivity index (χ0) is 25.5. The average Bonchev–Trinajstić information content (AvgIpc) is 3.10. The molecule has 0 saturated carbocycles. The molecular formula is C24H23ClN2O7S. The second kappa shape index (κ2) is 11.8. The fraction of sp³-hybridized carbons (Fsp3) is 0.250. The highest BCUT2D eigenvalue weighted by Crippen LogP contribution is 2.34. The number of rotatable bonds is 9. The van der Waals surface area contributed by atoms with E-state index in [0.29, 0.717) is 23.7 Å². The molecular weight excluding hydrogens is 496 g/mol. The second-order valence-electron chi connectivity index (χ2n) is 7.26. The van der Waals surface area contributed by atoms with E-state index in [1.54, 1.807) is 24.3 Å². The third-order valence-electron chi connectivity index (χ3n) is 4.78. The number of halogens is 1. The first-order valence-corrected chi connectivity index (χ1v) is 11.7. The van der Waals surface area contributed by atoms with Crippen LogP contribution in [0.5, 0.6) is 11.5 Å². The normalized spacial score (nSPS) is 14.3. The van der Waals surface area contributed by atoms with Crippen LogP contribution in [-0.2, 0) is 14.3 Å². The summed E-state index contributed by atoms with van der Waals surface area (Å²) in [5, 5.41) is 2.14. The van der Waals surface area contributed by atoms with Crippen molar-refractivity contribution < 1.29 is 33.4 Å². The van der Waals surface area contributed by atoms with Gasteiger partial charge in [0.2, 0.25) is 5.91 Å². The van der Waals surface area contributed by atoms with Gasteiger partial charge >= 0.3 is 5.97 Å². The van der Waals surface area contributed by atoms with Gasteiger partial charge in [-0.15, -0.1) is 0 Å². The molecule has 3 amide bonds. The van der Waals surface area contributed by atoms with Gasteiger partial charge in [-0.1, -0.05) is 24.6 Å². The van der Waals surface area contributed by atoms with Crippen LogP contribution in [0.25, 0.3) is 6.08 Å². The number of hydrogen-bond donors (Lipinski definition) is 1. The summed E-state index contributed by atoms with van der Waals surface area (Å²) in [5.74, 6) is -0.796. The molecule has 11 heteroatoms. The highest BCUT2D eigenvalue weighted by atomic mass is 35.5. The van der Waals surface area contributed by atoms with E-state index in [4.69, 9.17) is 21.1 Å². The van der Waals surface area contributed by atoms with Gasteiger partial charge in [0.15, 0.2) is 11.5 Å². The molecule has 1 aliphatic rings. The van der Waals surface area contributed by atoms with Gasteiger partial charge in [0.05, 0.1) is 36.3 Å². The number of anilines is 1. The van der Waals surface area contributed by atoms with E-state index < -0.39 is 29.6 Å². The molecule has 0 atom stereocenters. The maximum Gasteiger partial charge on any atom is 0.339 e. The Kier molecular flexibility index (Phi) is 8.78. The SMILES string of the molecule is CCCOc1ccc(/C=C2\SC(=O)N(CC(=O)Nc3ccc(Cl)c(C(=O)OC)c3)C2=O)cc1OC. The van der Waals surface area contributed by atoms with Crippen LogP contribution >= 0.6 is 23.4 Å². The Morgan fingerprint density at radius 1 is 1.11 bits per heavy atom. The topological polar surface area (TPSA) is 111 Å². The van der Waals surface area contributed by atoms with Gasteiger partial charge in [-0.3, -0.25) is 19.3 Å². The van der Waals surface area contributed by atoms with Crippen LogP contribution in [0.3, 0.4) is 0 Å². The number of thioether (sulfide) groups is 1. The molecule has 35 heavy (non-hydrogen) atoms. The lowest BCUT2D eigenvalue weighted by Gasteiger charge is -2.13. The van der Waals surface area contributed by atoms with Crippen molar-refractivity contribution in [3.05, 3.63) is 57.5 Å². The lowest BCUT2D eigenvalue weighted by Crippen LogP contribution is -2.36. The van der Waals surface area contributed by atoms with Crippen LogP contribution in [0.4, 0.5) is 10.5 Å². The second-order valence-corrected chi connectivity index (χ2v) is 8.66. The molecule has 0 radical (unpaired) electrons. The molecule has 1 N–H and O–H groups in total. The van der Waals surface area contributed by atoms with Crippen LogP contribution in [0.2, 0.25) is 5.02 Å². The van der Waals surface area contributed by atoms with Gasteiger partial charge in [0.25, 0.3) is 11.1 Å². The summed E-state index contributed by atoms with van der Waals surface area (Å²) in [6.07, 6.45) is 2.40. The summed E-state index contributed by atoms with van der Waals surface area (Å²) in [5.41, 5.74) is 0.972. The first kappa shape index (κ1) is 26.1. The minimum Gasteiger partial charge on any atom is -0.493 e. The van der Waals surface area contributed by atoms with Crippen LogP contribution in [0.15, 0.2) is 41.3 Å². The van der Waals surface area contributed by atoms with Crippen molar-refractivity contribution in [2.75, 3.05) is 32.7 Å². The lowest BCUT2D eigenvalue weighted by molar-refractivity contribution is -0.127. The minimum absolute atomic E-state index is 0.0719. The van der Waals surface area contributed by atoms with E-state index in [0.717, 1.165) is 23.1 Å². The Hall–Kier alpha value is -3.50. The number of nitrogens with one attached hydrogen (secondary N) is 1. The molecule has 2 aromatic rings. The van der Waals surface area contributed by atoms with E-state index in [1.807, 2.05) is 6.92 Å². The fourth-order valence-corrected chi connectivity index (χ4v) is 4.14. The van der Waals surface area contributed by atoms with Gasteiger partial charge in [-0.2, -0.15) is 0 Å². The predicted octanol–water partition coefficient (Wildman–Crippen LogP) is 4.60. The van der Waals surface area contributed by atoms with Crippen molar-refractivity contribution in [3.8, 4) is 11.5 Å². The number of amides is 3. The predicted molar refractivity (Wildman–Crippen MR) is 133 cm³/mol. The Morgan fingerprint density at radius 2 is 1.89 bits per heavy atom. The maximum atomic E-state index is 12.8. The summed E-state index contributed by atoms with van der Waals surface area (Å²) in [4.78, 5) is 50.5. The summed E-state index contributed by atoms with van der Waals surface area (Å²) < 4.78 is 15.6. The number of carbonyl (C=O) groups is 4. The largest absolute Gasteiger partial charge is 0.493 e. The monoisotopic (exact) mass is 518 g/mol. The molecule has 184 valence electrons. The van der Waals surface area contributed by atoms with Gasteiger partial charge in [-0.25, -0.2) is 4.79 Å². The number of imide groups is 1. The molecule has 1 fully saturated rings. The highest BCUT2D eigenvalue weighted by Gasteiger charge is 2.36. The Bertz CT molecular complexity index is 1200. The Balaban J connectivity index is 1.70. The van der Waals surface area contributed by atoms with E-state index in [1.165, 1.54) is 32.4 Å². The van der Waals surface area contributed by atoms with Crippen molar-refractivity contribution in [1.29, 1.82) is 0 Å². The quantitative estimate of drug-likeness (QED) is 0.379. The van der Waals surface area contributed by atoms with Crippen molar-refractivity contribution in [2.45, 2.75) is 13.3 Å². The molecule has 0 spiro atoms. The average molecular weight is 519 g/mol. The molecule has 0 bridgehead atoms. The van der Waals surface area contributed by atoms with Crippen molar-refractivity contribution >= 4 is 58.1 Å². The first-order valence-electron chi connectivity index (χ1n) is 10.5. The summed E-state index contributed by atoms with van der Waals surface area (Å²) in [7, 11) is 2.72. The summed E-state index contributed by atoms with van der Waals surface area (Å²) in [6.45, 7) is 2.04. The molecule has 9 nitrogen and oxygen atoms in total. The van der Waals surface area contributed by atoms with Gasteiger partial charge in [-0.05, 0) is 60.2 Å². The molecule has 0 aliphatic carbocycles. The van der Waals surface area contributed by atoms with Crippen LogP contribution in [0.1, 0.15) is 29.3 Å². The Morgan fingerprint density at radius 3 is 2.57 bits per heavy atom. The Labute approximate surface area is 211 Å².